The van der Waals surface area contributed by atoms with E-state index < -0.39 is 0 Å². The van der Waals surface area contributed by atoms with Crippen molar-refractivity contribution < 1.29 is 18.4 Å². The molecule has 1 saturated heterocycles. The van der Waals surface area contributed by atoms with Gasteiger partial charge in [-0.25, -0.2) is 4.39 Å². The zero-order valence-electron chi connectivity index (χ0n) is 16.3. The van der Waals surface area contributed by atoms with Crippen LogP contribution in [0.3, 0.4) is 0 Å². The number of ether oxygens (including phenoxy) is 1. The average molecular weight is 399 g/mol. The van der Waals surface area contributed by atoms with E-state index in [0.717, 1.165) is 18.5 Å². The summed E-state index contributed by atoms with van der Waals surface area (Å²) in [6.45, 7) is 2.87. The fourth-order valence-electron chi connectivity index (χ4n) is 3.37. The second kappa shape index (κ2) is 8.02. The van der Waals surface area contributed by atoms with Crippen LogP contribution in [0, 0.1) is 12.7 Å². The zero-order valence-corrected chi connectivity index (χ0v) is 16.3. The second-order valence-electron chi connectivity index (χ2n) is 7.05. The molecule has 1 atom stereocenters. The highest BCUT2D eigenvalue weighted by molar-refractivity contribution is 5.92. The summed E-state index contributed by atoms with van der Waals surface area (Å²) in [5.41, 5.74) is 1.34. The van der Waals surface area contributed by atoms with E-state index in [9.17, 15) is 9.18 Å². The molecule has 1 aliphatic heterocycles. The predicted octanol–water partition coefficient (Wildman–Crippen LogP) is 2.85. The summed E-state index contributed by atoms with van der Waals surface area (Å²) in [4.78, 5) is 19.1. The van der Waals surface area contributed by atoms with Crippen LogP contribution in [0.15, 0.2) is 34.9 Å². The van der Waals surface area contributed by atoms with Gasteiger partial charge in [0.1, 0.15) is 17.6 Å². The first-order chi connectivity index (χ1) is 14.0. The summed E-state index contributed by atoms with van der Waals surface area (Å²) in [6, 6.07) is 7.36. The number of nitrogens with zero attached hydrogens (tertiary/aromatic N) is 5. The first-order valence-corrected chi connectivity index (χ1v) is 9.54. The van der Waals surface area contributed by atoms with Crippen molar-refractivity contribution in [3.8, 4) is 5.75 Å². The van der Waals surface area contributed by atoms with E-state index in [1.54, 1.807) is 27.8 Å². The van der Waals surface area contributed by atoms with Gasteiger partial charge in [0.05, 0.1) is 6.61 Å². The molecule has 1 fully saturated rings. The lowest BCUT2D eigenvalue weighted by atomic mass is 10.2. The van der Waals surface area contributed by atoms with Gasteiger partial charge in [0, 0.05) is 25.7 Å². The topological polar surface area (TPSA) is 86.3 Å². The molecule has 9 heteroatoms. The minimum atomic E-state index is -0.309. The predicted molar refractivity (Wildman–Crippen MR) is 101 cm³/mol. The molecular weight excluding hydrogens is 377 g/mol. The lowest BCUT2D eigenvalue weighted by molar-refractivity contribution is 0.0703. The van der Waals surface area contributed by atoms with E-state index in [4.69, 9.17) is 9.26 Å². The monoisotopic (exact) mass is 399 g/mol. The van der Waals surface area contributed by atoms with Crippen LogP contribution in [-0.2, 0) is 13.5 Å². The van der Waals surface area contributed by atoms with Gasteiger partial charge in [0.2, 0.25) is 5.89 Å². The van der Waals surface area contributed by atoms with Crippen LogP contribution in [0.4, 0.5) is 4.39 Å². The van der Waals surface area contributed by atoms with Gasteiger partial charge < -0.3 is 14.2 Å². The number of hydrogen-bond acceptors (Lipinski definition) is 6. The van der Waals surface area contributed by atoms with E-state index in [2.05, 4.69) is 15.2 Å². The maximum Gasteiger partial charge on any atom is 0.275 e. The smallest absolute Gasteiger partial charge is 0.275 e. The normalized spacial score (nSPS) is 16.4. The first kappa shape index (κ1) is 19.1. The third-order valence-electron chi connectivity index (χ3n) is 5.02. The van der Waals surface area contributed by atoms with Crippen molar-refractivity contribution in [2.24, 2.45) is 7.05 Å². The molecule has 152 valence electrons. The summed E-state index contributed by atoms with van der Waals surface area (Å²) in [6.07, 6.45) is 2.08. The number of hydrogen-bond donors (Lipinski definition) is 0. The van der Waals surface area contributed by atoms with Crippen molar-refractivity contribution in [1.29, 1.82) is 0 Å². The molecule has 0 N–H and O–H groups in total. The fourth-order valence-corrected chi connectivity index (χ4v) is 3.37. The minimum Gasteiger partial charge on any atom is -0.493 e. The van der Waals surface area contributed by atoms with Gasteiger partial charge in [-0.2, -0.15) is 10.1 Å². The van der Waals surface area contributed by atoms with Crippen LogP contribution in [0.25, 0.3) is 0 Å². The summed E-state index contributed by atoms with van der Waals surface area (Å²) >= 11 is 0. The van der Waals surface area contributed by atoms with Crippen molar-refractivity contribution in [1.82, 2.24) is 24.8 Å². The Morgan fingerprint density at radius 3 is 2.86 bits per heavy atom. The summed E-state index contributed by atoms with van der Waals surface area (Å²) < 4.78 is 25.6. The number of rotatable bonds is 6. The molecule has 0 spiro atoms. The van der Waals surface area contributed by atoms with Crippen LogP contribution in [0.1, 0.15) is 46.8 Å². The highest BCUT2D eigenvalue weighted by atomic mass is 19.1. The van der Waals surface area contributed by atoms with Gasteiger partial charge >= 0.3 is 0 Å². The van der Waals surface area contributed by atoms with Crippen molar-refractivity contribution >= 4 is 5.91 Å². The lowest BCUT2D eigenvalue weighted by Gasteiger charge is -2.20. The highest BCUT2D eigenvalue weighted by Crippen LogP contribution is 2.32. The Labute approximate surface area is 167 Å². The zero-order chi connectivity index (χ0) is 20.4. The van der Waals surface area contributed by atoms with Crippen molar-refractivity contribution in [2.75, 3.05) is 13.2 Å². The number of carbonyl (C=O) groups is 1. The molecule has 0 aliphatic carbocycles. The summed E-state index contributed by atoms with van der Waals surface area (Å²) in [7, 11) is 1.81. The van der Waals surface area contributed by atoms with E-state index in [-0.39, 0.29) is 17.8 Å². The molecule has 3 aromatic rings. The van der Waals surface area contributed by atoms with Crippen LogP contribution in [-0.4, -0.2) is 43.9 Å². The first-order valence-electron chi connectivity index (χ1n) is 9.54. The molecule has 2 aromatic heterocycles. The minimum absolute atomic E-state index is 0.129. The lowest BCUT2D eigenvalue weighted by Crippen LogP contribution is -2.31. The summed E-state index contributed by atoms with van der Waals surface area (Å²) in [5.74, 6) is 1.08. The standard InChI is InChI=1S/C20H22FN5O3/c1-13-12-16(23-25(13)2)20(27)26-10-3-4-17(26)19-22-18(24-29-19)9-11-28-15-7-5-14(21)6-8-15/h5-8,12,17H,3-4,9-11H2,1-2H3. The van der Waals surface area contributed by atoms with Gasteiger partial charge in [-0.1, -0.05) is 5.16 Å². The molecule has 4 rings (SSSR count). The van der Waals surface area contributed by atoms with Crippen LogP contribution in [0.2, 0.25) is 0 Å². The number of carbonyl (C=O) groups excluding carboxylic acids is 1. The quantitative estimate of drug-likeness (QED) is 0.634. The maximum absolute atomic E-state index is 12.9. The Morgan fingerprint density at radius 1 is 1.34 bits per heavy atom. The van der Waals surface area contributed by atoms with E-state index in [1.807, 2.05) is 14.0 Å². The molecule has 1 aliphatic rings. The Hall–Kier alpha value is -3.23. The van der Waals surface area contributed by atoms with Crippen LogP contribution < -0.4 is 4.74 Å². The molecule has 1 amide bonds. The fraction of sp³-hybridized carbons (Fsp3) is 0.400. The average Bonchev–Trinajstić information content (AvgIpc) is 3.43. The number of likely N-dealkylation sites (tertiary alicyclic amines) is 1. The molecule has 0 radical (unpaired) electrons. The number of aromatic nitrogens is 4. The van der Waals surface area contributed by atoms with Gasteiger partial charge in [0.15, 0.2) is 11.5 Å². The molecule has 8 nitrogen and oxygen atoms in total. The Bertz CT molecular complexity index is 978. The molecule has 1 aromatic carbocycles. The maximum atomic E-state index is 12.9. The molecular formula is C20H22FN5O3. The van der Waals surface area contributed by atoms with Crippen molar-refractivity contribution in [2.45, 2.75) is 32.2 Å². The number of benzene rings is 1. The van der Waals surface area contributed by atoms with Gasteiger partial charge in [-0.05, 0) is 50.1 Å². The highest BCUT2D eigenvalue weighted by Gasteiger charge is 2.35. The molecule has 29 heavy (non-hydrogen) atoms. The van der Waals surface area contributed by atoms with E-state index >= 15 is 0 Å². The number of halogens is 1. The van der Waals surface area contributed by atoms with Crippen molar-refractivity contribution in [3.63, 3.8) is 0 Å². The van der Waals surface area contributed by atoms with Crippen LogP contribution in [0.5, 0.6) is 5.75 Å². The largest absolute Gasteiger partial charge is 0.493 e. The van der Waals surface area contributed by atoms with Crippen molar-refractivity contribution in [3.05, 3.63) is 59.3 Å². The Balaban J connectivity index is 1.38. The van der Waals surface area contributed by atoms with Gasteiger partial charge in [-0.3, -0.25) is 9.48 Å². The molecule has 3 heterocycles. The van der Waals surface area contributed by atoms with E-state index in [1.165, 1.54) is 12.1 Å². The Kier molecular flexibility index (Phi) is 5.28. The second-order valence-corrected chi connectivity index (χ2v) is 7.05. The summed E-state index contributed by atoms with van der Waals surface area (Å²) in [5, 5.41) is 8.29. The molecule has 1 unspecified atom stereocenters. The van der Waals surface area contributed by atoms with Crippen LogP contribution >= 0.6 is 0 Å². The van der Waals surface area contributed by atoms with E-state index in [0.29, 0.717) is 42.7 Å². The van der Waals surface area contributed by atoms with Gasteiger partial charge in [-0.15, -0.1) is 0 Å². The third kappa shape index (κ3) is 4.13. The number of amides is 1. The SMILES string of the molecule is Cc1cc(C(=O)N2CCCC2c2nc(CCOc3ccc(F)cc3)no2)nn1C. The third-order valence-corrected chi connectivity index (χ3v) is 5.02. The Morgan fingerprint density at radius 2 is 2.14 bits per heavy atom. The molecule has 0 bridgehead atoms. The van der Waals surface area contributed by atoms with Gasteiger partial charge in [0.25, 0.3) is 5.91 Å². The molecule has 0 saturated carbocycles. The number of aryl methyl sites for hydroxylation is 2.